The fraction of sp³-hybridized carbons (Fsp3) is 0.588. The lowest BCUT2D eigenvalue weighted by atomic mass is 9.81. The SMILES string of the molecule is CC(C)C(C)(C)CNC(=O)C1CCNc2ccccc21. The summed E-state index contributed by atoms with van der Waals surface area (Å²) >= 11 is 0. The van der Waals surface area contributed by atoms with Crippen LogP contribution in [0.5, 0.6) is 0 Å². The predicted molar refractivity (Wildman–Crippen MR) is 83.9 cm³/mol. The first-order valence-electron chi connectivity index (χ1n) is 7.52. The minimum Gasteiger partial charge on any atom is -0.385 e. The van der Waals surface area contributed by atoms with Crippen LogP contribution in [-0.4, -0.2) is 19.0 Å². The summed E-state index contributed by atoms with van der Waals surface area (Å²) in [6.45, 7) is 10.4. The maximum atomic E-state index is 12.5. The van der Waals surface area contributed by atoms with Crippen molar-refractivity contribution in [3.05, 3.63) is 29.8 Å². The highest BCUT2D eigenvalue weighted by Crippen LogP contribution is 2.32. The Morgan fingerprint density at radius 2 is 2.10 bits per heavy atom. The summed E-state index contributed by atoms with van der Waals surface area (Å²) in [5, 5.41) is 6.51. The van der Waals surface area contributed by atoms with Gasteiger partial charge < -0.3 is 10.6 Å². The Kier molecular flexibility index (Phi) is 4.36. The van der Waals surface area contributed by atoms with Gasteiger partial charge in [-0.05, 0) is 29.4 Å². The van der Waals surface area contributed by atoms with Crippen LogP contribution in [0.4, 0.5) is 5.69 Å². The van der Waals surface area contributed by atoms with Crippen LogP contribution in [-0.2, 0) is 4.79 Å². The lowest BCUT2D eigenvalue weighted by Crippen LogP contribution is -2.40. The van der Waals surface area contributed by atoms with Gasteiger partial charge in [-0.2, -0.15) is 0 Å². The van der Waals surface area contributed by atoms with E-state index in [0.717, 1.165) is 30.8 Å². The first-order valence-corrected chi connectivity index (χ1v) is 7.52. The molecule has 110 valence electrons. The third-order valence-electron chi connectivity index (χ3n) is 4.68. The van der Waals surface area contributed by atoms with Crippen LogP contribution in [0.2, 0.25) is 0 Å². The van der Waals surface area contributed by atoms with E-state index < -0.39 is 0 Å². The van der Waals surface area contributed by atoms with Gasteiger partial charge in [0, 0.05) is 18.8 Å². The van der Waals surface area contributed by atoms with Gasteiger partial charge in [-0.3, -0.25) is 4.79 Å². The zero-order valence-electron chi connectivity index (χ0n) is 13.0. The maximum Gasteiger partial charge on any atom is 0.227 e. The molecule has 2 rings (SSSR count). The number of nitrogens with one attached hydrogen (secondary N) is 2. The molecule has 0 radical (unpaired) electrons. The Labute approximate surface area is 122 Å². The highest BCUT2D eigenvalue weighted by Gasteiger charge is 2.28. The van der Waals surface area contributed by atoms with Crippen molar-refractivity contribution in [2.75, 3.05) is 18.4 Å². The molecule has 1 aliphatic heterocycles. The molecule has 0 saturated carbocycles. The molecule has 1 aromatic rings. The van der Waals surface area contributed by atoms with Gasteiger partial charge in [0.2, 0.25) is 5.91 Å². The van der Waals surface area contributed by atoms with Crippen LogP contribution in [0, 0.1) is 11.3 Å². The number of rotatable bonds is 4. The molecule has 1 atom stereocenters. The summed E-state index contributed by atoms with van der Waals surface area (Å²) in [5.74, 6) is 0.686. The fourth-order valence-corrected chi connectivity index (χ4v) is 2.38. The number of hydrogen-bond donors (Lipinski definition) is 2. The van der Waals surface area contributed by atoms with Crippen molar-refractivity contribution in [3.63, 3.8) is 0 Å². The number of para-hydroxylation sites is 1. The van der Waals surface area contributed by atoms with Crippen LogP contribution >= 0.6 is 0 Å². The van der Waals surface area contributed by atoms with Crippen molar-refractivity contribution in [3.8, 4) is 0 Å². The van der Waals surface area contributed by atoms with Crippen molar-refractivity contribution < 1.29 is 4.79 Å². The molecule has 0 aliphatic carbocycles. The van der Waals surface area contributed by atoms with Gasteiger partial charge in [0.1, 0.15) is 0 Å². The summed E-state index contributed by atoms with van der Waals surface area (Å²) in [4.78, 5) is 12.5. The lowest BCUT2D eigenvalue weighted by Gasteiger charge is -2.31. The summed E-state index contributed by atoms with van der Waals surface area (Å²) in [6, 6.07) is 8.12. The molecule has 3 nitrogen and oxygen atoms in total. The van der Waals surface area contributed by atoms with E-state index in [0.29, 0.717) is 5.92 Å². The second kappa shape index (κ2) is 5.86. The molecule has 20 heavy (non-hydrogen) atoms. The number of anilines is 1. The molecule has 0 spiro atoms. The molecule has 1 aliphatic rings. The Morgan fingerprint density at radius 3 is 2.80 bits per heavy atom. The van der Waals surface area contributed by atoms with Crippen LogP contribution < -0.4 is 10.6 Å². The van der Waals surface area contributed by atoms with E-state index >= 15 is 0 Å². The fourth-order valence-electron chi connectivity index (χ4n) is 2.38. The van der Waals surface area contributed by atoms with Crippen LogP contribution in [0.25, 0.3) is 0 Å². The first-order chi connectivity index (χ1) is 9.42. The summed E-state index contributed by atoms with van der Waals surface area (Å²) in [5.41, 5.74) is 2.35. The van der Waals surface area contributed by atoms with Gasteiger partial charge in [0.25, 0.3) is 0 Å². The van der Waals surface area contributed by atoms with Crippen molar-refractivity contribution >= 4 is 11.6 Å². The summed E-state index contributed by atoms with van der Waals surface area (Å²) < 4.78 is 0. The Balaban J connectivity index is 2.04. The number of carbonyl (C=O) groups is 1. The second-order valence-corrected chi connectivity index (χ2v) is 6.72. The monoisotopic (exact) mass is 274 g/mol. The Bertz CT molecular complexity index is 480. The van der Waals surface area contributed by atoms with E-state index in [1.807, 2.05) is 18.2 Å². The van der Waals surface area contributed by atoms with Gasteiger partial charge in [-0.1, -0.05) is 45.9 Å². The van der Waals surface area contributed by atoms with E-state index in [1.54, 1.807) is 0 Å². The number of fused-ring (bicyclic) bond motifs is 1. The minimum absolute atomic E-state index is 0.0181. The van der Waals surface area contributed by atoms with Crippen LogP contribution in [0.1, 0.15) is 45.6 Å². The van der Waals surface area contributed by atoms with E-state index in [-0.39, 0.29) is 17.2 Å². The van der Waals surface area contributed by atoms with E-state index in [1.165, 1.54) is 0 Å². The molecule has 1 heterocycles. The normalized spacial score (nSPS) is 18.4. The average molecular weight is 274 g/mol. The molecule has 1 aromatic carbocycles. The molecule has 0 bridgehead atoms. The van der Waals surface area contributed by atoms with Crippen molar-refractivity contribution in [1.29, 1.82) is 0 Å². The van der Waals surface area contributed by atoms with Crippen molar-refractivity contribution in [1.82, 2.24) is 5.32 Å². The third-order valence-corrected chi connectivity index (χ3v) is 4.68. The number of hydrogen-bond acceptors (Lipinski definition) is 2. The lowest BCUT2D eigenvalue weighted by molar-refractivity contribution is -0.123. The zero-order chi connectivity index (χ0) is 14.8. The highest BCUT2D eigenvalue weighted by molar-refractivity contribution is 5.86. The highest BCUT2D eigenvalue weighted by atomic mass is 16.1. The molecular weight excluding hydrogens is 248 g/mol. The maximum absolute atomic E-state index is 12.5. The van der Waals surface area contributed by atoms with Gasteiger partial charge in [0.15, 0.2) is 0 Å². The van der Waals surface area contributed by atoms with Crippen molar-refractivity contribution in [2.45, 2.75) is 40.0 Å². The van der Waals surface area contributed by atoms with E-state index in [4.69, 9.17) is 0 Å². The molecule has 1 unspecified atom stereocenters. The number of benzene rings is 1. The van der Waals surface area contributed by atoms with Gasteiger partial charge in [0.05, 0.1) is 5.92 Å². The van der Waals surface area contributed by atoms with Gasteiger partial charge >= 0.3 is 0 Å². The largest absolute Gasteiger partial charge is 0.385 e. The molecule has 0 aromatic heterocycles. The number of amides is 1. The van der Waals surface area contributed by atoms with Crippen molar-refractivity contribution in [2.24, 2.45) is 11.3 Å². The second-order valence-electron chi connectivity index (χ2n) is 6.72. The van der Waals surface area contributed by atoms with E-state index in [2.05, 4.69) is 44.4 Å². The molecular formula is C17H26N2O. The average Bonchev–Trinajstić information content (AvgIpc) is 2.44. The molecule has 1 amide bonds. The standard InChI is InChI=1S/C17H26N2O/c1-12(2)17(3,4)11-19-16(20)14-9-10-18-15-8-6-5-7-13(14)15/h5-8,12,14,18H,9-11H2,1-4H3,(H,19,20). The minimum atomic E-state index is -0.0181. The molecule has 2 N–H and O–H groups in total. The van der Waals surface area contributed by atoms with Crippen LogP contribution in [0.15, 0.2) is 24.3 Å². The predicted octanol–water partition coefficient (Wildman–Crippen LogP) is 3.38. The van der Waals surface area contributed by atoms with E-state index in [9.17, 15) is 4.79 Å². The summed E-state index contributed by atoms with van der Waals surface area (Å²) in [7, 11) is 0. The topological polar surface area (TPSA) is 41.1 Å². The summed E-state index contributed by atoms with van der Waals surface area (Å²) in [6.07, 6.45) is 0.866. The molecule has 0 saturated heterocycles. The number of carbonyl (C=O) groups excluding carboxylic acids is 1. The van der Waals surface area contributed by atoms with Gasteiger partial charge in [-0.15, -0.1) is 0 Å². The van der Waals surface area contributed by atoms with Gasteiger partial charge in [-0.25, -0.2) is 0 Å². The zero-order valence-corrected chi connectivity index (χ0v) is 13.0. The smallest absolute Gasteiger partial charge is 0.227 e. The van der Waals surface area contributed by atoms with Crippen LogP contribution in [0.3, 0.4) is 0 Å². The Hall–Kier alpha value is -1.51. The quantitative estimate of drug-likeness (QED) is 0.883. The molecule has 0 fully saturated rings. The Morgan fingerprint density at radius 1 is 1.40 bits per heavy atom. The molecule has 3 heteroatoms. The first kappa shape index (κ1) is 14.9. The third kappa shape index (κ3) is 3.14.